The van der Waals surface area contributed by atoms with E-state index >= 15 is 0 Å². The zero-order chi connectivity index (χ0) is 16.0. The first-order valence-corrected chi connectivity index (χ1v) is 8.75. The summed E-state index contributed by atoms with van der Waals surface area (Å²) in [5, 5.41) is 8.67. The van der Waals surface area contributed by atoms with Gasteiger partial charge in [0.2, 0.25) is 0 Å². The first-order valence-electron chi connectivity index (χ1n) is 7.87. The number of nitrogens with one attached hydrogen (secondary N) is 2. The summed E-state index contributed by atoms with van der Waals surface area (Å²) in [6.07, 6.45) is 4.66. The first kappa shape index (κ1) is 22.2. The highest BCUT2D eigenvalue weighted by atomic mass is 127. The predicted molar refractivity (Wildman–Crippen MR) is 108 cm³/mol. The van der Waals surface area contributed by atoms with Crippen LogP contribution in [0.2, 0.25) is 0 Å². The fraction of sp³-hybridized carbons (Fsp3) is 0.625. The van der Waals surface area contributed by atoms with Crippen LogP contribution < -0.4 is 10.6 Å². The van der Waals surface area contributed by atoms with Gasteiger partial charge < -0.3 is 15.4 Å². The second-order valence-electron chi connectivity index (χ2n) is 4.94. The Balaban J connectivity index is 0.00000484. The number of hydrogen-bond donors (Lipinski definition) is 2. The zero-order valence-corrected chi connectivity index (χ0v) is 17.1. The van der Waals surface area contributed by atoms with Gasteiger partial charge in [-0.3, -0.25) is 4.79 Å². The number of rotatable bonds is 10. The number of halogens is 1. The van der Waals surface area contributed by atoms with E-state index in [2.05, 4.69) is 38.7 Å². The van der Waals surface area contributed by atoms with Crippen molar-refractivity contribution < 1.29 is 9.53 Å². The third kappa shape index (κ3) is 11.4. The summed E-state index contributed by atoms with van der Waals surface area (Å²) < 4.78 is 4.62. The minimum Gasteiger partial charge on any atom is -0.469 e. The second kappa shape index (κ2) is 14.7. The van der Waals surface area contributed by atoms with Crippen LogP contribution in [0.1, 0.15) is 43.9 Å². The van der Waals surface area contributed by atoms with E-state index in [1.807, 2.05) is 6.07 Å². The summed E-state index contributed by atoms with van der Waals surface area (Å²) in [5.74, 6) is 0.749. The molecule has 132 valence electrons. The van der Waals surface area contributed by atoms with Crippen LogP contribution in [0.4, 0.5) is 0 Å². The molecule has 23 heavy (non-hydrogen) atoms. The molecule has 0 aliphatic rings. The van der Waals surface area contributed by atoms with E-state index in [1.165, 1.54) is 12.0 Å². The lowest BCUT2D eigenvalue weighted by molar-refractivity contribution is -0.140. The SMILES string of the molecule is CCNC(=NCc1cccs1)NCCCCCCC(=O)OC.I. The molecule has 0 aliphatic carbocycles. The highest BCUT2D eigenvalue weighted by Gasteiger charge is 2.00. The summed E-state index contributed by atoms with van der Waals surface area (Å²) in [4.78, 5) is 16.8. The minimum atomic E-state index is -0.117. The number of nitrogens with zero attached hydrogens (tertiary/aromatic N) is 1. The Kier molecular flexibility index (Phi) is 14.2. The molecule has 0 aliphatic heterocycles. The van der Waals surface area contributed by atoms with Gasteiger partial charge in [-0.1, -0.05) is 18.9 Å². The Hall–Kier alpha value is -0.830. The molecule has 0 amide bonds. The normalized spacial score (nSPS) is 10.8. The van der Waals surface area contributed by atoms with E-state index in [4.69, 9.17) is 0 Å². The Morgan fingerprint density at radius 1 is 1.26 bits per heavy atom. The van der Waals surface area contributed by atoms with Crippen LogP contribution in [0.25, 0.3) is 0 Å². The molecular formula is C16H28IN3O2S. The molecule has 2 N–H and O–H groups in total. The van der Waals surface area contributed by atoms with Gasteiger partial charge >= 0.3 is 5.97 Å². The van der Waals surface area contributed by atoms with Crippen molar-refractivity contribution in [3.05, 3.63) is 22.4 Å². The molecule has 0 unspecified atom stereocenters. The summed E-state index contributed by atoms with van der Waals surface area (Å²) in [6, 6.07) is 4.14. The highest BCUT2D eigenvalue weighted by molar-refractivity contribution is 14.0. The molecule has 0 aromatic carbocycles. The van der Waals surface area contributed by atoms with E-state index in [1.54, 1.807) is 11.3 Å². The van der Waals surface area contributed by atoms with Crippen LogP contribution in [0.15, 0.2) is 22.5 Å². The number of aliphatic imine (C=N–C) groups is 1. The third-order valence-corrected chi connectivity index (χ3v) is 4.01. The van der Waals surface area contributed by atoms with Gasteiger partial charge in [0.15, 0.2) is 5.96 Å². The summed E-state index contributed by atoms with van der Waals surface area (Å²) in [6.45, 7) is 4.53. The van der Waals surface area contributed by atoms with Crippen molar-refractivity contribution in [1.82, 2.24) is 10.6 Å². The van der Waals surface area contributed by atoms with Crippen LogP contribution in [0.3, 0.4) is 0 Å². The molecule has 1 aromatic rings. The standard InChI is InChI=1S/C16H27N3O2S.HI/c1-3-17-16(19-13-14-9-8-12-22-14)18-11-7-5-4-6-10-15(20)21-2;/h8-9,12H,3-7,10-11,13H2,1-2H3,(H2,17,18,19);1H. The van der Waals surface area contributed by atoms with E-state index in [9.17, 15) is 4.79 Å². The van der Waals surface area contributed by atoms with Gasteiger partial charge in [0.1, 0.15) is 0 Å². The van der Waals surface area contributed by atoms with E-state index in [0.29, 0.717) is 13.0 Å². The van der Waals surface area contributed by atoms with Crippen molar-refractivity contribution in [2.75, 3.05) is 20.2 Å². The second-order valence-corrected chi connectivity index (χ2v) is 5.97. The number of hydrogen-bond acceptors (Lipinski definition) is 4. The third-order valence-electron chi connectivity index (χ3n) is 3.15. The minimum absolute atomic E-state index is 0. The quantitative estimate of drug-likeness (QED) is 0.187. The van der Waals surface area contributed by atoms with Gasteiger partial charge in [-0.2, -0.15) is 0 Å². The van der Waals surface area contributed by atoms with Gasteiger partial charge in [-0.15, -0.1) is 35.3 Å². The summed E-state index contributed by atoms with van der Waals surface area (Å²) in [7, 11) is 1.43. The van der Waals surface area contributed by atoms with Crippen molar-refractivity contribution >= 4 is 47.2 Å². The van der Waals surface area contributed by atoms with Crippen molar-refractivity contribution in [2.24, 2.45) is 4.99 Å². The maximum Gasteiger partial charge on any atom is 0.305 e. The number of guanidine groups is 1. The fourth-order valence-corrected chi connectivity index (χ4v) is 2.59. The monoisotopic (exact) mass is 453 g/mol. The lowest BCUT2D eigenvalue weighted by atomic mass is 10.1. The van der Waals surface area contributed by atoms with E-state index in [0.717, 1.165) is 44.7 Å². The van der Waals surface area contributed by atoms with Crippen LogP contribution >= 0.6 is 35.3 Å². The van der Waals surface area contributed by atoms with Crippen molar-refractivity contribution in [3.63, 3.8) is 0 Å². The molecule has 0 atom stereocenters. The molecule has 0 radical (unpaired) electrons. The van der Waals surface area contributed by atoms with Crippen LogP contribution in [-0.4, -0.2) is 32.1 Å². The summed E-state index contributed by atoms with van der Waals surface area (Å²) in [5.41, 5.74) is 0. The largest absolute Gasteiger partial charge is 0.469 e. The van der Waals surface area contributed by atoms with E-state index < -0.39 is 0 Å². The number of carbonyl (C=O) groups excluding carboxylic acids is 1. The number of carbonyl (C=O) groups is 1. The number of unbranched alkanes of at least 4 members (excludes halogenated alkanes) is 3. The van der Waals surface area contributed by atoms with Crippen molar-refractivity contribution in [3.8, 4) is 0 Å². The molecule has 7 heteroatoms. The molecule has 1 aromatic heterocycles. The van der Waals surface area contributed by atoms with Crippen LogP contribution in [0.5, 0.6) is 0 Å². The smallest absolute Gasteiger partial charge is 0.305 e. The lowest BCUT2D eigenvalue weighted by Gasteiger charge is -2.10. The highest BCUT2D eigenvalue weighted by Crippen LogP contribution is 2.09. The molecule has 0 fully saturated rings. The van der Waals surface area contributed by atoms with Crippen molar-refractivity contribution in [1.29, 1.82) is 0 Å². The number of thiophene rings is 1. The lowest BCUT2D eigenvalue weighted by Crippen LogP contribution is -2.37. The van der Waals surface area contributed by atoms with Gasteiger partial charge in [-0.25, -0.2) is 4.99 Å². The van der Waals surface area contributed by atoms with Crippen LogP contribution in [0, 0.1) is 0 Å². The number of ether oxygens (including phenoxy) is 1. The number of methoxy groups -OCH3 is 1. The molecule has 0 bridgehead atoms. The maximum atomic E-state index is 11.0. The average molecular weight is 453 g/mol. The van der Waals surface area contributed by atoms with Crippen molar-refractivity contribution in [2.45, 2.75) is 45.6 Å². The molecular weight excluding hydrogens is 425 g/mol. The number of esters is 1. The van der Waals surface area contributed by atoms with Gasteiger partial charge in [0.25, 0.3) is 0 Å². The fourth-order valence-electron chi connectivity index (χ4n) is 1.96. The Bertz CT molecular complexity index is 439. The van der Waals surface area contributed by atoms with E-state index in [-0.39, 0.29) is 29.9 Å². The molecule has 1 rings (SSSR count). The Morgan fingerprint density at radius 2 is 2.04 bits per heavy atom. The zero-order valence-electron chi connectivity index (χ0n) is 14.0. The molecule has 0 saturated heterocycles. The van der Waals surface area contributed by atoms with Gasteiger partial charge in [-0.05, 0) is 31.2 Å². The summed E-state index contributed by atoms with van der Waals surface area (Å²) >= 11 is 1.72. The molecule has 0 spiro atoms. The van der Waals surface area contributed by atoms with Gasteiger partial charge in [0.05, 0.1) is 13.7 Å². The topological polar surface area (TPSA) is 62.7 Å². The Morgan fingerprint density at radius 3 is 2.70 bits per heavy atom. The average Bonchev–Trinajstić information content (AvgIpc) is 3.04. The maximum absolute atomic E-state index is 11.0. The molecule has 5 nitrogen and oxygen atoms in total. The predicted octanol–water partition coefficient (Wildman–Crippen LogP) is 3.54. The first-order chi connectivity index (χ1) is 10.8. The molecule has 0 saturated carbocycles. The molecule has 1 heterocycles. The van der Waals surface area contributed by atoms with Gasteiger partial charge in [0, 0.05) is 24.4 Å². The Labute approximate surface area is 160 Å². The van der Waals surface area contributed by atoms with Crippen LogP contribution in [-0.2, 0) is 16.1 Å².